The molecule has 1 aromatic heterocycles. The Kier molecular flexibility index (Phi) is 3.64. The molecule has 2 atom stereocenters. The van der Waals surface area contributed by atoms with Gasteiger partial charge in [-0.25, -0.2) is 18.0 Å². The van der Waals surface area contributed by atoms with Crippen LogP contribution in [0.15, 0.2) is 6.20 Å². The van der Waals surface area contributed by atoms with Gasteiger partial charge in [0.05, 0.1) is 12.7 Å². The number of aromatic nitrogens is 3. The lowest BCUT2D eigenvalue weighted by Gasteiger charge is -2.08. The van der Waals surface area contributed by atoms with Crippen molar-refractivity contribution < 1.29 is 23.1 Å². The van der Waals surface area contributed by atoms with Crippen molar-refractivity contribution in [3.8, 4) is 0 Å². The molecule has 5 nitrogen and oxygen atoms in total. The van der Waals surface area contributed by atoms with Crippen LogP contribution in [0, 0.1) is 0 Å². The second-order valence-corrected chi connectivity index (χ2v) is 2.78. The lowest BCUT2D eigenvalue weighted by molar-refractivity contribution is 0.0687. The first kappa shape index (κ1) is 11.5. The highest BCUT2D eigenvalue weighted by atomic mass is 19.2. The van der Waals surface area contributed by atoms with Gasteiger partial charge in [0.1, 0.15) is 6.67 Å². The molecular formula is C7H8F3N3O2. The maximum Gasteiger partial charge on any atom is 0.358 e. The maximum atomic E-state index is 12.8. The van der Waals surface area contributed by atoms with E-state index in [0.29, 0.717) is 4.80 Å². The number of aromatic carboxylic acids is 1. The average Bonchev–Trinajstić information content (AvgIpc) is 2.65. The van der Waals surface area contributed by atoms with Crippen molar-refractivity contribution >= 4 is 5.97 Å². The van der Waals surface area contributed by atoms with E-state index in [1.807, 2.05) is 0 Å². The van der Waals surface area contributed by atoms with Crippen LogP contribution in [0.5, 0.6) is 0 Å². The number of carbonyl (C=O) groups is 1. The van der Waals surface area contributed by atoms with Gasteiger partial charge in [-0.2, -0.15) is 9.90 Å². The molecule has 1 rings (SSSR count). The Hall–Kier alpha value is -1.60. The van der Waals surface area contributed by atoms with Crippen molar-refractivity contribution in [3.63, 3.8) is 0 Å². The molecule has 0 aromatic carbocycles. The second kappa shape index (κ2) is 4.76. The lowest BCUT2D eigenvalue weighted by Crippen LogP contribution is -2.26. The zero-order chi connectivity index (χ0) is 11.4. The van der Waals surface area contributed by atoms with Gasteiger partial charge in [-0.1, -0.05) is 0 Å². The molecule has 0 bridgehead atoms. The topological polar surface area (TPSA) is 68.0 Å². The Morgan fingerprint density at radius 1 is 1.53 bits per heavy atom. The molecule has 84 valence electrons. The Balaban J connectivity index is 2.61. The van der Waals surface area contributed by atoms with Gasteiger partial charge in [0, 0.05) is 0 Å². The quantitative estimate of drug-likeness (QED) is 0.794. The SMILES string of the molecule is O=C(O)c1cnn(CC(F)C(F)CF)n1. The first-order valence-electron chi connectivity index (χ1n) is 4.02. The Bertz CT molecular complexity index is 344. The molecule has 15 heavy (non-hydrogen) atoms. The summed E-state index contributed by atoms with van der Waals surface area (Å²) in [5, 5.41) is 15.2. The smallest absolute Gasteiger partial charge is 0.358 e. The van der Waals surface area contributed by atoms with Crippen molar-refractivity contribution in [2.45, 2.75) is 18.9 Å². The van der Waals surface area contributed by atoms with Crippen LogP contribution in [0.25, 0.3) is 0 Å². The predicted molar refractivity (Wildman–Crippen MR) is 42.7 cm³/mol. The first-order chi connectivity index (χ1) is 7.04. The molecule has 0 spiro atoms. The number of hydrogen-bond acceptors (Lipinski definition) is 3. The van der Waals surface area contributed by atoms with E-state index in [-0.39, 0.29) is 5.69 Å². The fourth-order valence-electron chi connectivity index (χ4n) is 0.850. The molecule has 0 radical (unpaired) electrons. The van der Waals surface area contributed by atoms with Crippen LogP contribution >= 0.6 is 0 Å². The number of halogens is 3. The number of carboxylic acids is 1. The van der Waals surface area contributed by atoms with Crippen molar-refractivity contribution in [2.75, 3.05) is 6.67 Å². The summed E-state index contributed by atoms with van der Waals surface area (Å²) in [6.45, 7) is -2.05. The zero-order valence-corrected chi connectivity index (χ0v) is 7.48. The molecule has 0 saturated carbocycles. The van der Waals surface area contributed by atoms with E-state index in [2.05, 4.69) is 10.2 Å². The molecule has 1 heterocycles. The van der Waals surface area contributed by atoms with E-state index < -0.39 is 31.5 Å². The molecule has 0 amide bonds. The molecule has 0 aliphatic carbocycles. The molecule has 0 aliphatic heterocycles. The van der Waals surface area contributed by atoms with Crippen molar-refractivity contribution in [3.05, 3.63) is 11.9 Å². The minimum Gasteiger partial charge on any atom is -0.476 e. The number of nitrogens with zero attached hydrogens (tertiary/aromatic N) is 3. The highest BCUT2D eigenvalue weighted by Crippen LogP contribution is 2.07. The fraction of sp³-hybridized carbons (Fsp3) is 0.571. The summed E-state index contributed by atoms with van der Waals surface area (Å²) in [5.41, 5.74) is -0.377. The van der Waals surface area contributed by atoms with E-state index in [1.165, 1.54) is 0 Å². The third-order valence-electron chi connectivity index (χ3n) is 1.63. The fourth-order valence-corrected chi connectivity index (χ4v) is 0.850. The maximum absolute atomic E-state index is 12.8. The molecule has 0 saturated heterocycles. The number of carboxylic acid groups (broad SMARTS) is 1. The van der Waals surface area contributed by atoms with E-state index in [0.717, 1.165) is 6.20 Å². The molecule has 8 heteroatoms. The van der Waals surface area contributed by atoms with Crippen molar-refractivity contribution in [2.24, 2.45) is 0 Å². The summed E-state index contributed by atoms with van der Waals surface area (Å²) in [5.74, 6) is -1.32. The van der Waals surface area contributed by atoms with Gasteiger partial charge >= 0.3 is 5.97 Å². The van der Waals surface area contributed by atoms with Crippen molar-refractivity contribution in [1.29, 1.82) is 0 Å². The van der Waals surface area contributed by atoms with Crippen LogP contribution in [0.1, 0.15) is 10.5 Å². The Morgan fingerprint density at radius 3 is 2.67 bits per heavy atom. The molecule has 1 aromatic rings. The van der Waals surface area contributed by atoms with Gasteiger partial charge < -0.3 is 5.11 Å². The molecule has 1 N–H and O–H groups in total. The van der Waals surface area contributed by atoms with Gasteiger partial charge in [0.25, 0.3) is 0 Å². The molecule has 2 unspecified atom stereocenters. The summed E-state index contributed by atoms with van der Waals surface area (Å²) >= 11 is 0. The first-order valence-corrected chi connectivity index (χ1v) is 4.02. The number of alkyl halides is 3. The monoisotopic (exact) mass is 223 g/mol. The summed E-state index contributed by atoms with van der Waals surface area (Å²) < 4.78 is 37.0. The van der Waals surface area contributed by atoms with Crippen LogP contribution in [0.4, 0.5) is 13.2 Å². The molecule has 0 aliphatic rings. The largest absolute Gasteiger partial charge is 0.476 e. The zero-order valence-electron chi connectivity index (χ0n) is 7.48. The van der Waals surface area contributed by atoms with Gasteiger partial charge in [-0.15, -0.1) is 5.10 Å². The number of hydrogen-bond donors (Lipinski definition) is 1. The molecule has 0 fully saturated rings. The average molecular weight is 223 g/mol. The second-order valence-electron chi connectivity index (χ2n) is 2.78. The summed E-state index contributed by atoms with van der Waals surface area (Å²) in [4.78, 5) is 11.0. The van der Waals surface area contributed by atoms with Gasteiger partial charge in [-0.05, 0) is 0 Å². The van der Waals surface area contributed by atoms with E-state index in [1.54, 1.807) is 0 Å². The standard InChI is InChI=1S/C7H8F3N3O2/c8-1-4(9)5(10)3-13-11-2-6(12-13)7(14)15/h2,4-5H,1,3H2,(H,14,15). The van der Waals surface area contributed by atoms with E-state index in [4.69, 9.17) is 5.11 Å². The van der Waals surface area contributed by atoms with Crippen LogP contribution in [0.2, 0.25) is 0 Å². The highest BCUT2D eigenvalue weighted by Gasteiger charge is 2.22. The van der Waals surface area contributed by atoms with Crippen LogP contribution < -0.4 is 0 Å². The van der Waals surface area contributed by atoms with Gasteiger partial charge in [0.15, 0.2) is 18.0 Å². The van der Waals surface area contributed by atoms with Crippen LogP contribution in [-0.2, 0) is 6.54 Å². The predicted octanol–water partition coefficient (Wildman–Crippen LogP) is 0.622. The van der Waals surface area contributed by atoms with Crippen molar-refractivity contribution in [1.82, 2.24) is 15.0 Å². The van der Waals surface area contributed by atoms with Crippen LogP contribution in [0.3, 0.4) is 0 Å². The number of rotatable bonds is 5. The normalized spacial score (nSPS) is 14.9. The Morgan fingerprint density at radius 2 is 2.20 bits per heavy atom. The summed E-state index contributed by atoms with van der Waals surface area (Å²) in [6, 6.07) is 0. The van der Waals surface area contributed by atoms with E-state index in [9.17, 15) is 18.0 Å². The third kappa shape index (κ3) is 2.93. The highest BCUT2D eigenvalue weighted by molar-refractivity contribution is 5.84. The lowest BCUT2D eigenvalue weighted by atomic mass is 10.3. The minimum atomic E-state index is -2.25. The van der Waals surface area contributed by atoms with E-state index >= 15 is 0 Å². The summed E-state index contributed by atoms with van der Waals surface area (Å²) in [6.07, 6.45) is -3.44. The minimum absolute atomic E-state index is 0.377. The molecular weight excluding hydrogens is 215 g/mol. The van der Waals surface area contributed by atoms with Crippen LogP contribution in [-0.4, -0.2) is 45.1 Å². The third-order valence-corrected chi connectivity index (χ3v) is 1.63. The summed E-state index contributed by atoms with van der Waals surface area (Å²) in [7, 11) is 0. The Labute approximate surface area is 82.5 Å². The van der Waals surface area contributed by atoms with Gasteiger partial charge in [-0.3, -0.25) is 0 Å². The van der Waals surface area contributed by atoms with Gasteiger partial charge in [0.2, 0.25) is 0 Å².